The number of aliphatic hydroxyl groups excluding tert-OH is 1. The maximum absolute atomic E-state index is 9.91. The lowest BCUT2D eigenvalue weighted by atomic mass is 9.98. The highest BCUT2D eigenvalue weighted by atomic mass is 16.5. The fraction of sp³-hybridized carbons (Fsp3) is 0.833. The van der Waals surface area contributed by atoms with Crippen molar-refractivity contribution < 1.29 is 19.1 Å². The maximum Gasteiger partial charge on any atom is 0.234 e. The summed E-state index contributed by atoms with van der Waals surface area (Å²) in [6.07, 6.45) is 0.853. The molecule has 1 aromatic heterocycles. The Labute approximate surface area is 106 Å². The number of ether oxygens (including phenoxy) is 2. The van der Waals surface area contributed by atoms with Gasteiger partial charge >= 0.3 is 0 Å². The van der Waals surface area contributed by atoms with Crippen LogP contribution < -0.4 is 0 Å². The van der Waals surface area contributed by atoms with Crippen molar-refractivity contribution >= 4 is 0 Å². The van der Waals surface area contributed by atoms with Gasteiger partial charge in [0, 0.05) is 13.7 Å². The van der Waals surface area contributed by atoms with Crippen LogP contribution >= 0.6 is 0 Å². The highest BCUT2D eigenvalue weighted by Gasteiger charge is 2.34. The molecule has 2 heterocycles. The largest absolute Gasteiger partial charge is 0.392 e. The number of hydrogen-bond donors (Lipinski definition) is 1. The molecule has 0 amide bonds. The van der Waals surface area contributed by atoms with Crippen molar-refractivity contribution in [3.63, 3.8) is 0 Å². The summed E-state index contributed by atoms with van der Waals surface area (Å²) < 4.78 is 16.0. The molecule has 102 valence electrons. The summed E-state index contributed by atoms with van der Waals surface area (Å²) >= 11 is 0. The highest BCUT2D eigenvalue weighted by molar-refractivity contribution is 5.04. The summed E-state index contributed by atoms with van der Waals surface area (Å²) in [4.78, 5) is 4.36. The smallest absolute Gasteiger partial charge is 0.234 e. The number of nitrogens with zero attached hydrogens (tertiary/aromatic N) is 2. The second kappa shape index (κ2) is 5.34. The van der Waals surface area contributed by atoms with Crippen molar-refractivity contribution in [3.05, 3.63) is 11.7 Å². The first-order valence-corrected chi connectivity index (χ1v) is 6.25. The van der Waals surface area contributed by atoms with Crippen LogP contribution in [0.5, 0.6) is 0 Å². The van der Waals surface area contributed by atoms with E-state index in [2.05, 4.69) is 10.1 Å². The fourth-order valence-electron chi connectivity index (χ4n) is 1.96. The van der Waals surface area contributed by atoms with E-state index in [1.165, 1.54) is 0 Å². The third-order valence-corrected chi connectivity index (χ3v) is 3.68. The molecule has 1 saturated heterocycles. The summed E-state index contributed by atoms with van der Waals surface area (Å²) in [6, 6.07) is 0. The number of methoxy groups -OCH3 is 1. The van der Waals surface area contributed by atoms with Gasteiger partial charge in [0.25, 0.3) is 0 Å². The van der Waals surface area contributed by atoms with Crippen LogP contribution in [-0.4, -0.2) is 41.7 Å². The predicted octanol–water partition coefficient (Wildman–Crippen LogP) is 1.21. The average molecular weight is 256 g/mol. The van der Waals surface area contributed by atoms with E-state index in [1.807, 2.05) is 13.8 Å². The molecule has 0 aliphatic carbocycles. The number of aliphatic hydroxyl groups is 1. The van der Waals surface area contributed by atoms with E-state index in [0.29, 0.717) is 31.3 Å². The average Bonchev–Trinajstić information content (AvgIpc) is 2.88. The van der Waals surface area contributed by atoms with Crippen LogP contribution in [0.2, 0.25) is 0 Å². The lowest BCUT2D eigenvalue weighted by Crippen LogP contribution is -2.30. The Bertz CT molecular complexity index is 389. The van der Waals surface area contributed by atoms with E-state index in [9.17, 15) is 5.11 Å². The molecule has 1 N–H and O–H groups in total. The van der Waals surface area contributed by atoms with E-state index < -0.39 is 11.7 Å². The highest BCUT2D eigenvalue weighted by Crippen LogP contribution is 2.29. The first-order valence-electron chi connectivity index (χ1n) is 6.25. The fourth-order valence-corrected chi connectivity index (χ4v) is 1.96. The van der Waals surface area contributed by atoms with Crippen LogP contribution in [0.15, 0.2) is 4.52 Å². The predicted molar refractivity (Wildman–Crippen MR) is 63.1 cm³/mol. The first-order chi connectivity index (χ1) is 8.60. The molecule has 3 atom stereocenters. The molecular weight excluding hydrogens is 236 g/mol. The van der Waals surface area contributed by atoms with Gasteiger partial charge in [-0.25, -0.2) is 0 Å². The van der Waals surface area contributed by atoms with Crippen molar-refractivity contribution in [1.29, 1.82) is 0 Å². The van der Waals surface area contributed by atoms with Crippen molar-refractivity contribution in [1.82, 2.24) is 10.1 Å². The number of rotatable bonds is 4. The molecule has 1 fully saturated rings. The maximum atomic E-state index is 9.91. The third kappa shape index (κ3) is 2.41. The molecule has 0 spiro atoms. The van der Waals surface area contributed by atoms with Crippen LogP contribution in [0.25, 0.3) is 0 Å². The van der Waals surface area contributed by atoms with Gasteiger partial charge in [-0.2, -0.15) is 4.98 Å². The zero-order valence-corrected chi connectivity index (χ0v) is 11.0. The Balaban J connectivity index is 2.19. The lowest BCUT2D eigenvalue weighted by molar-refractivity contribution is -0.0149. The lowest BCUT2D eigenvalue weighted by Gasteiger charge is -2.25. The summed E-state index contributed by atoms with van der Waals surface area (Å²) in [6.45, 7) is 4.90. The quantitative estimate of drug-likeness (QED) is 0.872. The Hall–Kier alpha value is -0.980. The minimum Gasteiger partial charge on any atom is -0.392 e. The minimum atomic E-state index is -0.553. The van der Waals surface area contributed by atoms with Gasteiger partial charge in [0.15, 0.2) is 0 Å². The molecule has 2 rings (SSSR count). The molecule has 0 bridgehead atoms. The molecule has 18 heavy (non-hydrogen) atoms. The summed E-state index contributed by atoms with van der Waals surface area (Å²) in [5.41, 5.74) is -0.553. The molecule has 6 heteroatoms. The van der Waals surface area contributed by atoms with Crippen LogP contribution in [0, 0.1) is 0 Å². The Morgan fingerprint density at radius 2 is 2.33 bits per heavy atom. The van der Waals surface area contributed by atoms with Gasteiger partial charge in [0.05, 0.1) is 18.6 Å². The van der Waals surface area contributed by atoms with E-state index in [1.54, 1.807) is 7.11 Å². The Morgan fingerprint density at radius 3 is 2.94 bits per heavy atom. The van der Waals surface area contributed by atoms with E-state index >= 15 is 0 Å². The zero-order valence-electron chi connectivity index (χ0n) is 11.0. The molecule has 1 aliphatic rings. The zero-order chi connectivity index (χ0) is 13.2. The second-order valence-electron chi connectivity index (χ2n) is 4.78. The first kappa shape index (κ1) is 13.5. The molecule has 0 aromatic carbocycles. The van der Waals surface area contributed by atoms with Crippen LogP contribution in [0.1, 0.15) is 44.3 Å². The van der Waals surface area contributed by atoms with E-state index in [-0.39, 0.29) is 5.92 Å². The molecule has 1 aliphatic heterocycles. The standard InChI is InChI=1S/C12H20N2O4/c1-4-12(2,16-3)11-13-10(18-14-11)8-7-17-6-5-9(8)15/h8-9,15H,4-7H2,1-3H3. The monoisotopic (exact) mass is 256 g/mol. The van der Waals surface area contributed by atoms with Gasteiger partial charge in [-0.05, 0) is 19.8 Å². The summed E-state index contributed by atoms with van der Waals surface area (Å²) in [5.74, 6) is 0.701. The van der Waals surface area contributed by atoms with Crippen molar-refractivity contribution in [2.75, 3.05) is 20.3 Å². The molecular formula is C12H20N2O4. The third-order valence-electron chi connectivity index (χ3n) is 3.68. The summed E-state index contributed by atoms with van der Waals surface area (Å²) in [5, 5.41) is 13.9. The van der Waals surface area contributed by atoms with Gasteiger partial charge < -0.3 is 19.1 Å². The molecule has 6 nitrogen and oxygen atoms in total. The van der Waals surface area contributed by atoms with Crippen molar-refractivity contribution in [3.8, 4) is 0 Å². The Kier molecular flexibility index (Phi) is 3.99. The Morgan fingerprint density at radius 1 is 1.56 bits per heavy atom. The second-order valence-corrected chi connectivity index (χ2v) is 4.78. The molecule has 0 saturated carbocycles. The van der Waals surface area contributed by atoms with E-state index in [4.69, 9.17) is 14.0 Å². The number of hydrogen-bond acceptors (Lipinski definition) is 6. The van der Waals surface area contributed by atoms with Gasteiger partial charge in [0.1, 0.15) is 5.60 Å². The van der Waals surface area contributed by atoms with Crippen molar-refractivity contribution in [2.45, 2.75) is 44.3 Å². The van der Waals surface area contributed by atoms with Gasteiger partial charge in [0.2, 0.25) is 11.7 Å². The van der Waals surface area contributed by atoms with E-state index in [0.717, 1.165) is 6.42 Å². The van der Waals surface area contributed by atoms with Gasteiger partial charge in [-0.1, -0.05) is 12.1 Å². The summed E-state index contributed by atoms with van der Waals surface area (Å²) in [7, 11) is 1.62. The SMILES string of the molecule is CCC(C)(OC)c1noc(C2COCCC2O)n1. The normalized spacial score (nSPS) is 28.0. The van der Waals surface area contributed by atoms with Crippen LogP contribution in [0.3, 0.4) is 0 Å². The molecule has 0 radical (unpaired) electrons. The van der Waals surface area contributed by atoms with Gasteiger partial charge in [-0.3, -0.25) is 0 Å². The van der Waals surface area contributed by atoms with Crippen LogP contribution in [-0.2, 0) is 15.1 Å². The number of aromatic nitrogens is 2. The van der Waals surface area contributed by atoms with Crippen LogP contribution in [0.4, 0.5) is 0 Å². The minimum absolute atomic E-state index is 0.238. The van der Waals surface area contributed by atoms with Crippen molar-refractivity contribution in [2.24, 2.45) is 0 Å². The molecule has 3 unspecified atom stereocenters. The van der Waals surface area contributed by atoms with Gasteiger partial charge in [-0.15, -0.1) is 0 Å². The topological polar surface area (TPSA) is 77.6 Å². The molecule has 1 aromatic rings.